The highest BCUT2D eigenvalue weighted by Gasteiger charge is 2.33. The minimum absolute atomic E-state index is 0.0741. The Hall–Kier alpha value is -3.44. The molecule has 0 amide bonds. The van der Waals surface area contributed by atoms with Crippen LogP contribution >= 0.6 is 0 Å². The summed E-state index contributed by atoms with van der Waals surface area (Å²) in [6.07, 6.45) is 2.61. The molecule has 0 saturated heterocycles. The normalized spacial score (nSPS) is 16.6. The van der Waals surface area contributed by atoms with Gasteiger partial charge in [-0.25, -0.2) is 4.39 Å². The van der Waals surface area contributed by atoms with Crippen LogP contribution < -0.4 is 9.47 Å². The molecule has 0 saturated carbocycles. The SMILES string of the molecule is Cc1c2c(cc3c1O/C(=C\c1ccc(C(C)(C)C)cc1)C3=O)CN(CCc1ccc(F)cc1)CO2. The van der Waals surface area contributed by atoms with E-state index in [0.717, 1.165) is 41.0 Å². The van der Waals surface area contributed by atoms with E-state index in [9.17, 15) is 9.18 Å². The van der Waals surface area contributed by atoms with Crippen molar-refractivity contribution in [1.82, 2.24) is 4.90 Å². The van der Waals surface area contributed by atoms with Gasteiger partial charge in [0.25, 0.3) is 0 Å². The zero-order valence-corrected chi connectivity index (χ0v) is 20.7. The standard InChI is InChI=1S/C30H30FNO3/c1-19-28-22(17-32(18-34-28)14-13-20-7-11-24(31)12-8-20)16-25-27(33)26(35-29(19)25)15-21-5-9-23(10-6-21)30(2,3)4/h5-12,15-16H,13-14,17-18H2,1-4H3/b26-15-. The van der Waals surface area contributed by atoms with Crippen LogP contribution in [0.5, 0.6) is 11.5 Å². The molecule has 0 atom stereocenters. The maximum absolute atomic E-state index is 13.2. The summed E-state index contributed by atoms with van der Waals surface area (Å²) in [6, 6.07) is 16.7. The van der Waals surface area contributed by atoms with E-state index in [0.29, 0.717) is 30.3 Å². The highest BCUT2D eigenvalue weighted by atomic mass is 19.1. The molecule has 2 aliphatic heterocycles. The number of rotatable bonds is 4. The number of carbonyl (C=O) groups excluding carboxylic acids is 1. The molecule has 0 spiro atoms. The van der Waals surface area contributed by atoms with E-state index in [1.165, 1.54) is 17.7 Å². The number of allylic oxidation sites excluding steroid dienone is 1. The van der Waals surface area contributed by atoms with Gasteiger partial charge in [-0.15, -0.1) is 0 Å². The second-order valence-corrected chi connectivity index (χ2v) is 10.4. The first-order valence-corrected chi connectivity index (χ1v) is 12.0. The number of Topliss-reactive ketones (excluding diaryl/α,β-unsaturated/α-hetero) is 1. The van der Waals surface area contributed by atoms with E-state index in [1.54, 1.807) is 0 Å². The number of fused-ring (bicyclic) bond motifs is 2. The van der Waals surface area contributed by atoms with Crippen LogP contribution in [-0.2, 0) is 18.4 Å². The molecule has 0 unspecified atom stereocenters. The van der Waals surface area contributed by atoms with Crippen LogP contribution in [-0.4, -0.2) is 24.0 Å². The highest BCUT2D eigenvalue weighted by Crippen LogP contribution is 2.43. The molecule has 4 nitrogen and oxygen atoms in total. The van der Waals surface area contributed by atoms with Crippen molar-refractivity contribution in [2.45, 2.75) is 46.1 Å². The first kappa shape index (κ1) is 23.3. The molecule has 0 bridgehead atoms. The smallest absolute Gasteiger partial charge is 0.231 e. The van der Waals surface area contributed by atoms with Gasteiger partial charge in [-0.1, -0.05) is 57.2 Å². The molecule has 0 aromatic heterocycles. The van der Waals surface area contributed by atoms with Crippen molar-refractivity contribution < 1.29 is 18.7 Å². The Morgan fingerprint density at radius 1 is 1.03 bits per heavy atom. The Kier molecular flexibility index (Phi) is 5.97. The van der Waals surface area contributed by atoms with E-state index in [-0.39, 0.29) is 17.0 Å². The Bertz CT molecular complexity index is 1300. The van der Waals surface area contributed by atoms with Gasteiger partial charge in [-0.3, -0.25) is 9.69 Å². The molecular formula is C30H30FNO3. The molecule has 0 N–H and O–H groups in total. The third-order valence-electron chi connectivity index (χ3n) is 6.71. The van der Waals surface area contributed by atoms with Crippen molar-refractivity contribution >= 4 is 11.9 Å². The van der Waals surface area contributed by atoms with Gasteiger partial charge >= 0.3 is 0 Å². The van der Waals surface area contributed by atoms with Crippen LogP contribution in [0.3, 0.4) is 0 Å². The van der Waals surface area contributed by atoms with E-state index in [1.807, 2.05) is 43.3 Å². The summed E-state index contributed by atoms with van der Waals surface area (Å²) in [7, 11) is 0. The highest BCUT2D eigenvalue weighted by molar-refractivity contribution is 6.15. The van der Waals surface area contributed by atoms with Gasteiger partial charge in [-0.05, 0) is 59.7 Å². The number of nitrogens with zero attached hydrogens (tertiary/aromatic N) is 1. The number of hydrogen-bond acceptors (Lipinski definition) is 4. The number of benzene rings is 3. The second kappa shape index (κ2) is 8.97. The third kappa shape index (κ3) is 4.73. The Morgan fingerprint density at radius 3 is 2.43 bits per heavy atom. The average molecular weight is 472 g/mol. The van der Waals surface area contributed by atoms with Crippen molar-refractivity contribution in [3.8, 4) is 11.5 Å². The van der Waals surface area contributed by atoms with E-state index < -0.39 is 0 Å². The molecule has 2 aliphatic rings. The third-order valence-corrected chi connectivity index (χ3v) is 6.71. The number of carbonyl (C=O) groups is 1. The van der Waals surface area contributed by atoms with Gasteiger partial charge in [0.05, 0.1) is 5.56 Å². The van der Waals surface area contributed by atoms with E-state index in [4.69, 9.17) is 9.47 Å². The van der Waals surface area contributed by atoms with Crippen LogP contribution in [0.1, 0.15) is 58.9 Å². The summed E-state index contributed by atoms with van der Waals surface area (Å²) in [4.78, 5) is 15.4. The predicted octanol–water partition coefficient (Wildman–Crippen LogP) is 6.44. The molecule has 0 fully saturated rings. The van der Waals surface area contributed by atoms with E-state index >= 15 is 0 Å². The molecule has 5 rings (SSSR count). The fraction of sp³-hybridized carbons (Fsp3) is 0.300. The number of ketones is 1. The minimum atomic E-state index is -0.226. The summed E-state index contributed by atoms with van der Waals surface area (Å²) in [5, 5.41) is 0. The molecule has 180 valence electrons. The van der Waals surface area contributed by atoms with Crippen molar-refractivity contribution in [3.63, 3.8) is 0 Å². The molecule has 3 aromatic carbocycles. The number of ether oxygens (including phenoxy) is 2. The fourth-order valence-corrected chi connectivity index (χ4v) is 4.61. The molecular weight excluding hydrogens is 441 g/mol. The lowest BCUT2D eigenvalue weighted by Gasteiger charge is -2.30. The largest absolute Gasteiger partial charge is 0.477 e. The number of hydrogen-bond donors (Lipinski definition) is 0. The Morgan fingerprint density at radius 2 is 1.74 bits per heavy atom. The molecule has 35 heavy (non-hydrogen) atoms. The Balaban J connectivity index is 1.33. The zero-order valence-electron chi connectivity index (χ0n) is 20.7. The monoisotopic (exact) mass is 471 g/mol. The predicted molar refractivity (Wildman–Crippen MR) is 135 cm³/mol. The lowest BCUT2D eigenvalue weighted by molar-refractivity contribution is 0.0954. The molecule has 2 heterocycles. The molecule has 0 radical (unpaired) electrons. The maximum Gasteiger partial charge on any atom is 0.231 e. The average Bonchev–Trinajstić information content (AvgIpc) is 3.14. The van der Waals surface area contributed by atoms with Crippen LogP contribution in [0.25, 0.3) is 6.08 Å². The van der Waals surface area contributed by atoms with E-state index in [2.05, 4.69) is 37.8 Å². The van der Waals surface area contributed by atoms with Gasteiger partial charge in [-0.2, -0.15) is 0 Å². The zero-order chi connectivity index (χ0) is 24.7. The van der Waals surface area contributed by atoms with Crippen LogP contribution in [0.4, 0.5) is 4.39 Å². The topological polar surface area (TPSA) is 38.8 Å². The molecule has 5 heteroatoms. The number of halogens is 1. The first-order valence-electron chi connectivity index (χ1n) is 12.0. The summed E-state index contributed by atoms with van der Waals surface area (Å²) in [6.45, 7) is 10.4. The van der Waals surface area contributed by atoms with Gasteiger partial charge in [0.1, 0.15) is 24.0 Å². The van der Waals surface area contributed by atoms with Crippen LogP contribution in [0.2, 0.25) is 0 Å². The van der Waals surface area contributed by atoms with Gasteiger partial charge in [0, 0.05) is 24.2 Å². The van der Waals surface area contributed by atoms with Gasteiger partial charge in [0.2, 0.25) is 5.78 Å². The van der Waals surface area contributed by atoms with Crippen molar-refractivity contribution in [1.29, 1.82) is 0 Å². The van der Waals surface area contributed by atoms with Crippen LogP contribution in [0, 0.1) is 12.7 Å². The summed E-state index contributed by atoms with van der Waals surface area (Å²) < 4.78 is 25.3. The Labute approximate surface area is 206 Å². The lowest BCUT2D eigenvalue weighted by Crippen LogP contribution is -2.34. The quantitative estimate of drug-likeness (QED) is 0.410. The van der Waals surface area contributed by atoms with Crippen molar-refractivity contribution in [2.75, 3.05) is 13.3 Å². The second-order valence-electron chi connectivity index (χ2n) is 10.4. The minimum Gasteiger partial charge on any atom is -0.477 e. The summed E-state index contributed by atoms with van der Waals surface area (Å²) in [5.74, 6) is 1.39. The fourth-order valence-electron chi connectivity index (χ4n) is 4.61. The maximum atomic E-state index is 13.2. The molecule has 0 aliphatic carbocycles. The summed E-state index contributed by atoms with van der Waals surface area (Å²) >= 11 is 0. The van der Waals surface area contributed by atoms with Crippen molar-refractivity contribution in [3.05, 3.63) is 99.6 Å². The van der Waals surface area contributed by atoms with Gasteiger partial charge in [0.15, 0.2) is 5.76 Å². The molecule has 3 aromatic rings. The summed E-state index contributed by atoms with van der Waals surface area (Å²) in [5.41, 5.74) is 5.75. The lowest BCUT2D eigenvalue weighted by atomic mass is 9.86. The van der Waals surface area contributed by atoms with Crippen LogP contribution in [0.15, 0.2) is 60.4 Å². The first-order chi connectivity index (χ1) is 16.7. The van der Waals surface area contributed by atoms with Gasteiger partial charge < -0.3 is 9.47 Å². The van der Waals surface area contributed by atoms with Crippen molar-refractivity contribution in [2.24, 2.45) is 0 Å².